The molecule has 1 saturated carbocycles. The lowest BCUT2D eigenvalue weighted by Gasteiger charge is -2.36. The van der Waals surface area contributed by atoms with E-state index in [9.17, 15) is 9.90 Å². The molecule has 1 saturated heterocycles. The third-order valence-corrected chi connectivity index (χ3v) is 7.02. The van der Waals surface area contributed by atoms with Gasteiger partial charge in [0.2, 0.25) is 5.88 Å². The van der Waals surface area contributed by atoms with Gasteiger partial charge in [-0.05, 0) is 38.0 Å². The van der Waals surface area contributed by atoms with E-state index in [0.29, 0.717) is 16.6 Å². The van der Waals surface area contributed by atoms with Gasteiger partial charge >= 0.3 is 4.87 Å². The standard InChI is InChI=1S/C23H24N8O2S/c1-14-19(30-10-8-29(9-11-30)18-4-2-3-7-24-18)27-21-15(12-17-22(32)28-23(33)34-17)13-25-31(21)20(14)26-16-5-6-16/h2-4,7,12-13,16,32H,5-6,8-11H2,1H3,(H,28,33)/b15-12+,26-20?. The molecule has 6 rings (SSSR count). The van der Waals surface area contributed by atoms with Crippen molar-refractivity contribution in [3.63, 3.8) is 0 Å². The van der Waals surface area contributed by atoms with Gasteiger partial charge in [0.15, 0.2) is 11.1 Å². The Kier molecular flexibility index (Phi) is 5.05. The van der Waals surface area contributed by atoms with Gasteiger partial charge in [-0.1, -0.05) is 17.4 Å². The van der Waals surface area contributed by atoms with Gasteiger partial charge in [0.1, 0.15) is 11.6 Å². The van der Waals surface area contributed by atoms with Crippen LogP contribution in [-0.2, 0) is 0 Å². The minimum absolute atomic E-state index is 0.143. The molecule has 2 N–H and O–H groups in total. The van der Waals surface area contributed by atoms with Crippen molar-refractivity contribution in [1.29, 1.82) is 0 Å². The first-order valence-corrected chi connectivity index (χ1v) is 12.2. The highest BCUT2D eigenvalue weighted by molar-refractivity contribution is 7.10. The number of nitrogens with one attached hydrogen (secondary N) is 1. The fourth-order valence-electron chi connectivity index (χ4n) is 4.26. The summed E-state index contributed by atoms with van der Waals surface area (Å²) in [7, 11) is 0. The molecule has 0 radical (unpaired) electrons. The number of fused-ring (bicyclic) bond motifs is 1. The first kappa shape index (κ1) is 20.8. The van der Waals surface area contributed by atoms with Crippen LogP contribution in [-0.4, -0.2) is 61.9 Å². The predicted molar refractivity (Wildman–Crippen MR) is 130 cm³/mol. The van der Waals surface area contributed by atoms with E-state index < -0.39 is 0 Å². The topological polar surface area (TPSA) is 115 Å². The molecule has 4 aromatic heterocycles. The summed E-state index contributed by atoms with van der Waals surface area (Å²) in [5, 5.41) is 15.3. The molecule has 0 amide bonds. The first-order chi connectivity index (χ1) is 16.6. The smallest absolute Gasteiger partial charge is 0.307 e. The molecule has 11 heteroatoms. The molecule has 1 aliphatic carbocycles. The fraction of sp³-hybridized carbons (Fsp3) is 0.348. The quantitative estimate of drug-likeness (QED) is 0.448. The van der Waals surface area contributed by atoms with Gasteiger partial charge in [0.25, 0.3) is 0 Å². The molecule has 2 fully saturated rings. The molecule has 0 bridgehead atoms. The van der Waals surface area contributed by atoms with Gasteiger partial charge in [0.05, 0.1) is 17.1 Å². The number of pyridine rings is 1. The number of hydrogen-bond acceptors (Lipinski definition) is 9. The predicted octanol–water partition coefficient (Wildman–Crippen LogP) is 0.826. The molecule has 34 heavy (non-hydrogen) atoms. The number of rotatable bonds is 4. The normalized spacial score (nSPS) is 17.8. The van der Waals surface area contributed by atoms with Crippen molar-refractivity contribution in [2.24, 2.45) is 4.99 Å². The van der Waals surface area contributed by atoms with Gasteiger partial charge < -0.3 is 14.9 Å². The molecule has 2 aliphatic rings. The van der Waals surface area contributed by atoms with Crippen molar-refractivity contribution in [2.75, 3.05) is 36.0 Å². The van der Waals surface area contributed by atoms with Crippen LogP contribution in [0.4, 0.5) is 11.6 Å². The second-order valence-electron chi connectivity index (χ2n) is 8.61. The van der Waals surface area contributed by atoms with Gasteiger partial charge in [-0.15, -0.1) is 0 Å². The molecule has 174 valence electrons. The summed E-state index contributed by atoms with van der Waals surface area (Å²) in [5.74, 6) is 1.74. The number of aromatic amines is 1. The number of H-pyrrole nitrogens is 1. The van der Waals surface area contributed by atoms with Crippen LogP contribution in [0.1, 0.15) is 23.3 Å². The van der Waals surface area contributed by atoms with E-state index in [1.807, 2.05) is 24.4 Å². The highest BCUT2D eigenvalue weighted by atomic mass is 32.1. The zero-order valence-corrected chi connectivity index (χ0v) is 19.5. The monoisotopic (exact) mass is 476 g/mol. The van der Waals surface area contributed by atoms with Crippen molar-refractivity contribution < 1.29 is 5.11 Å². The molecule has 1 aliphatic heterocycles. The van der Waals surface area contributed by atoms with Crippen LogP contribution in [0.5, 0.6) is 5.88 Å². The maximum absolute atomic E-state index is 11.6. The van der Waals surface area contributed by atoms with Crippen LogP contribution in [0.25, 0.3) is 11.7 Å². The minimum Gasteiger partial charge on any atom is -0.493 e. The third kappa shape index (κ3) is 3.81. The largest absolute Gasteiger partial charge is 0.493 e. The number of anilines is 2. The first-order valence-electron chi connectivity index (χ1n) is 11.3. The molecule has 0 spiro atoms. The maximum atomic E-state index is 11.6. The van der Waals surface area contributed by atoms with E-state index in [1.54, 1.807) is 16.8 Å². The lowest BCUT2D eigenvalue weighted by molar-refractivity contribution is 0.455. The van der Waals surface area contributed by atoms with E-state index in [0.717, 1.165) is 78.3 Å². The van der Waals surface area contributed by atoms with Gasteiger partial charge in [-0.25, -0.2) is 9.97 Å². The van der Waals surface area contributed by atoms with E-state index >= 15 is 0 Å². The summed E-state index contributed by atoms with van der Waals surface area (Å²) < 4.78 is 1.78. The summed E-state index contributed by atoms with van der Waals surface area (Å²) in [4.78, 5) is 33.2. The van der Waals surface area contributed by atoms with E-state index in [1.165, 1.54) is 0 Å². The van der Waals surface area contributed by atoms with Crippen molar-refractivity contribution >= 4 is 34.7 Å². The Morgan fingerprint density at radius 1 is 1.21 bits per heavy atom. The lowest BCUT2D eigenvalue weighted by atomic mass is 10.2. The maximum Gasteiger partial charge on any atom is 0.307 e. The van der Waals surface area contributed by atoms with Crippen LogP contribution < -0.4 is 25.4 Å². The Morgan fingerprint density at radius 2 is 2.00 bits per heavy atom. The van der Waals surface area contributed by atoms with Crippen LogP contribution in [0.3, 0.4) is 0 Å². The van der Waals surface area contributed by atoms with E-state index in [-0.39, 0.29) is 10.8 Å². The zero-order chi connectivity index (χ0) is 23.2. The second-order valence-corrected chi connectivity index (χ2v) is 9.63. The van der Waals surface area contributed by atoms with Crippen LogP contribution in [0, 0.1) is 6.92 Å². The number of hydrogen-bond donors (Lipinski definition) is 2. The highest BCUT2D eigenvalue weighted by Crippen LogP contribution is 2.24. The van der Waals surface area contributed by atoms with E-state index in [4.69, 9.17) is 9.98 Å². The summed E-state index contributed by atoms with van der Waals surface area (Å²) in [6.45, 7) is 5.39. The molecular weight excluding hydrogens is 452 g/mol. The Labute approximate surface area is 198 Å². The second kappa shape index (κ2) is 8.24. The number of aromatic hydroxyl groups is 1. The van der Waals surface area contributed by atoms with E-state index in [2.05, 4.69) is 31.8 Å². The minimum atomic E-state index is -0.306. The lowest BCUT2D eigenvalue weighted by Crippen LogP contribution is -2.48. The molecule has 4 aromatic rings. The number of thiazole rings is 1. The Bertz CT molecular complexity index is 1530. The molecule has 10 nitrogen and oxygen atoms in total. The molecule has 0 atom stereocenters. The molecule has 0 aromatic carbocycles. The summed E-state index contributed by atoms with van der Waals surface area (Å²) in [6, 6.07) is 6.31. The average Bonchev–Trinajstić information content (AvgIpc) is 3.50. The van der Waals surface area contributed by atoms with Gasteiger partial charge in [0, 0.05) is 43.2 Å². The Hall–Kier alpha value is -3.73. The molecule has 5 heterocycles. The zero-order valence-electron chi connectivity index (χ0n) is 18.7. The Balaban J connectivity index is 1.43. The van der Waals surface area contributed by atoms with Crippen LogP contribution in [0.2, 0.25) is 0 Å². The number of aromatic nitrogens is 5. The third-order valence-electron chi connectivity index (χ3n) is 6.20. The Morgan fingerprint density at radius 3 is 2.68 bits per heavy atom. The van der Waals surface area contributed by atoms with Crippen molar-refractivity contribution in [1.82, 2.24) is 24.6 Å². The van der Waals surface area contributed by atoms with Crippen molar-refractivity contribution in [2.45, 2.75) is 25.8 Å². The molecular formula is C23H24N8O2S. The number of nitrogens with zero attached hydrogens (tertiary/aromatic N) is 7. The SMILES string of the molecule is Cc1c(N2CCN(c3ccccn3)CC2)nc2/c(=C/c3sc(=O)[nH]c3O)cnn2c1=NC1CC1. The average molecular weight is 477 g/mol. The van der Waals surface area contributed by atoms with Gasteiger partial charge in [-0.3, -0.25) is 14.8 Å². The summed E-state index contributed by atoms with van der Waals surface area (Å²) in [6.07, 6.45) is 7.45. The highest BCUT2D eigenvalue weighted by Gasteiger charge is 2.25. The van der Waals surface area contributed by atoms with Crippen LogP contribution >= 0.6 is 11.3 Å². The van der Waals surface area contributed by atoms with Crippen molar-refractivity contribution in [3.8, 4) is 5.88 Å². The summed E-state index contributed by atoms with van der Waals surface area (Å²) in [5.41, 5.74) is 2.49. The fourth-order valence-corrected chi connectivity index (χ4v) is 4.94. The molecule has 0 unspecified atom stereocenters. The number of piperazine rings is 1. The van der Waals surface area contributed by atoms with Gasteiger partial charge in [-0.2, -0.15) is 9.61 Å². The van der Waals surface area contributed by atoms with Crippen molar-refractivity contribution in [3.05, 3.63) is 61.4 Å². The van der Waals surface area contributed by atoms with Crippen LogP contribution in [0.15, 0.2) is 40.4 Å². The summed E-state index contributed by atoms with van der Waals surface area (Å²) >= 11 is 0.953.